The highest BCUT2D eigenvalue weighted by Gasteiger charge is 2.08. The van der Waals surface area contributed by atoms with Crippen LogP contribution in [0.3, 0.4) is 0 Å². The van der Waals surface area contributed by atoms with E-state index in [-0.39, 0.29) is 0 Å². The van der Waals surface area contributed by atoms with Crippen LogP contribution in [0.5, 0.6) is 11.5 Å². The molecular weight excluding hydrogens is 236 g/mol. The number of hydrogen-bond acceptors (Lipinski definition) is 2. The molecule has 0 atom stereocenters. The molecule has 100 valence electrons. The second kappa shape index (κ2) is 6.28. The highest BCUT2D eigenvalue weighted by Crippen LogP contribution is 2.31. The van der Waals surface area contributed by atoms with E-state index in [4.69, 9.17) is 9.47 Å². The minimum atomic E-state index is 0.483. The van der Waals surface area contributed by atoms with E-state index in [1.807, 2.05) is 30.3 Å². The van der Waals surface area contributed by atoms with Crippen molar-refractivity contribution < 1.29 is 9.47 Å². The van der Waals surface area contributed by atoms with Crippen LogP contribution < -0.4 is 9.47 Å². The van der Waals surface area contributed by atoms with E-state index in [9.17, 15) is 0 Å². The molecule has 0 saturated heterocycles. The van der Waals surface area contributed by atoms with Gasteiger partial charge in [-0.05, 0) is 29.2 Å². The smallest absolute Gasteiger partial charge is 0.161 e. The van der Waals surface area contributed by atoms with Crippen molar-refractivity contribution in [1.29, 1.82) is 0 Å². The molecular formula is C17H20O2. The summed E-state index contributed by atoms with van der Waals surface area (Å²) in [6, 6.07) is 16.2. The Bertz CT molecular complexity index is 518. The van der Waals surface area contributed by atoms with Crippen LogP contribution >= 0.6 is 0 Å². The summed E-state index contributed by atoms with van der Waals surface area (Å²) in [6.07, 6.45) is 0. The number of rotatable bonds is 5. The minimum Gasteiger partial charge on any atom is -0.493 e. The Balaban J connectivity index is 2.12. The third-order valence-corrected chi connectivity index (χ3v) is 3.09. The Morgan fingerprint density at radius 3 is 2.32 bits per heavy atom. The van der Waals surface area contributed by atoms with Gasteiger partial charge in [0, 0.05) is 0 Å². The lowest BCUT2D eigenvalue weighted by Gasteiger charge is -2.13. The zero-order valence-electron chi connectivity index (χ0n) is 11.7. The average molecular weight is 256 g/mol. The standard InChI is InChI=1S/C17H20O2/c1-13(2)15-9-10-16(17(11-15)18-3)19-12-14-7-5-4-6-8-14/h4-11,13H,12H2,1-3H3. The first-order valence-corrected chi connectivity index (χ1v) is 6.55. The molecule has 0 unspecified atom stereocenters. The summed E-state index contributed by atoms with van der Waals surface area (Å²) in [6.45, 7) is 4.89. The second-order valence-electron chi connectivity index (χ2n) is 4.84. The molecule has 19 heavy (non-hydrogen) atoms. The van der Waals surface area contributed by atoms with Gasteiger partial charge < -0.3 is 9.47 Å². The SMILES string of the molecule is COc1cc(C(C)C)ccc1OCc1ccccc1. The maximum absolute atomic E-state index is 5.82. The van der Waals surface area contributed by atoms with E-state index in [2.05, 4.69) is 32.0 Å². The van der Waals surface area contributed by atoms with Crippen molar-refractivity contribution in [2.45, 2.75) is 26.4 Å². The molecule has 0 bridgehead atoms. The van der Waals surface area contributed by atoms with Crippen LogP contribution in [-0.2, 0) is 6.61 Å². The van der Waals surface area contributed by atoms with E-state index in [1.165, 1.54) is 5.56 Å². The molecule has 2 heteroatoms. The predicted molar refractivity (Wildman–Crippen MR) is 77.9 cm³/mol. The largest absolute Gasteiger partial charge is 0.493 e. The molecule has 0 spiro atoms. The van der Waals surface area contributed by atoms with Gasteiger partial charge in [0.2, 0.25) is 0 Å². The fourth-order valence-corrected chi connectivity index (χ4v) is 1.90. The van der Waals surface area contributed by atoms with E-state index < -0.39 is 0 Å². The molecule has 0 aromatic heterocycles. The van der Waals surface area contributed by atoms with Gasteiger partial charge in [0.25, 0.3) is 0 Å². The molecule has 0 aliphatic rings. The molecule has 2 aromatic carbocycles. The number of methoxy groups -OCH3 is 1. The van der Waals surface area contributed by atoms with Gasteiger partial charge in [-0.2, -0.15) is 0 Å². The Hall–Kier alpha value is -1.96. The first-order valence-electron chi connectivity index (χ1n) is 6.55. The van der Waals surface area contributed by atoms with Crippen LogP contribution in [0.15, 0.2) is 48.5 Å². The predicted octanol–water partition coefficient (Wildman–Crippen LogP) is 4.40. The topological polar surface area (TPSA) is 18.5 Å². The van der Waals surface area contributed by atoms with Crippen LogP contribution in [0.4, 0.5) is 0 Å². The quantitative estimate of drug-likeness (QED) is 0.789. The average Bonchev–Trinajstić information content (AvgIpc) is 2.45. The van der Waals surface area contributed by atoms with Gasteiger partial charge in [0.15, 0.2) is 11.5 Å². The molecule has 0 fully saturated rings. The zero-order valence-corrected chi connectivity index (χ0v) is 11.7. The molecule has 2 nitrogen and oxygen atoms in total. The van der Waals surface area contributed by atoms with Crippen LogP contribution in [-0.4, -0.2) is 7.11 Å². The Morgan fingerprint density at radius 2 is 1.68 bits per heavy atom. The number of benzene rings is 2. The minimum absolute atomic E-state index is 0.483. The third-order valence-electron chi connectivity index (χ3n) is 3.09. The number of ether oxygens (including phenoxy) is 2. The van der Waals surface area contributed by atoms with Gasteiger partial charge in [0.05, 0.1) is 7.11 Å². The van der Waals surface area contributed by atoms with Gasteiger partial charge in [-0.25, -0.2) is 0 Å². The molecule has 0 aliphatic carbocycles. The summed E-state index contributed by atoms with van der Waals surface area (Å²) in [5.74, 6) is 2.06. The molecule has 0 amide bonds. The van der Waals surface area contributed by atoms with Gasteiger partial charge in [-0.1, -0.05) is 50.2 Å². The number of hydrogen-bond donors (Lipinski definition) is 0. The van der Waals surface area contributed by atoms with E-state index in [0.717, 1.165) is 17.1 Å². The normalized spacial score (nSPS) is 10.5. The highest BCUT2D eigenvalue weighted by atomic mass is 16.5. The Labute approximate surface area is 115 Å². The lowest BCUT2D eigenvalue weighted by Crippen LogP contribution is -1.98. The maximum atomic E-state index is 5.82. The Morgan fingerprint density at radius 1 is 0.947 bits per heavy atom. The summed E-state index contributed by atoms with van der Waals surface area (Å²) in [5, 5.41) is 0. The van der Waals surface area contributed by atoms with Crippen molar-refractivity contribution in [2.75, 3.05) is 7.11 Å². The van der Waals surface area contributed by atoms with Crippen molar-refractivity contribution in [3.63, 3.8) is 0 Å². The van der Waals surface area contributed by atoms with Crippen LogP contribution in [0.1, 0.15) is 30.9 Å². The van der Waals surface area contributed by atoms with E-state index in [1.54, 1.807) is 7.11 Å². The van der Waals surface area contributed by atoms with Crippen molar-refractivity contribution >= 4 is 0 Å². The van der Waals surface area contributed by atoms with E-state index >= 15 is 0 Å². The molecule has 0 aliphatic heterocycles. The maximum Gasteiger partial charge on any atom is 0.161 e. The van der Waals surface area contributed by atoms with Gasteiger partial charge in [0.1, 0.15) is 6.61 Å². The Kier molecular flexibility index (Phi) is 4.45. The molecule has 0 N–H and O–H groups in total. The van der Waals surface area contributed by atoms with E-state index in [0.29, 0.717) is 12.5 Å². The third kappa shape index (κ3) is 3.50. The van der Waals surface area contributed by atoms with Crippen LogP contribution in [0.25, 0.3) is 0 Å². The first kappa shape index (κ1) is 13.5. The van der Waals surface area contributed by atoms with Crippen LogP contribution in [0, 0.1) is 0 Å². The van der Waals surface area contributed by atoms with Crippen LogP contribution in [0.2, 0.25) is 0 Å². The van der Waals surface area contributed by atoms with Crippen molar-refractivity contribution in [3.8, 4) is 11.5 Å². The van der Waals surface area contributed by atoms with Crippen molar-refractivity contribution in [2.24, 2.45) is 0 Å². The first-order chi connectivity index (χ1) is 9.20. The molecule has 0 radical (unpaired) electrons. The fraction of sp³-hybridized carbons (Fsp3) is 0.294. The van der Waals surface area contributed by atoms with Crippen molar-refractivity contribution in [3.05, 3.63) is 59.7 Å². The lowest BCUT2D eigenvalue weighted by atomic mass is 10.0. The monoisotopic (exact) mass is 256 g/mol. The van der Waals surface area contributed by atoms with Gasteiger partial charge in [-0.15, -0.1) is 0 Å². The second-order valence-corrected chi connectivity index (χ2v) is 4.84. The molecule has 2 rings (SSSR count). The summed E-state index contributed by atoms with van der Waals surface area (Å²) >= 11 is 0. The summed E-state index contributed by atoms with van der Waals surface area (Å²) in [5.41, 5.74) is 2.40. The summed E-state index contributed by atoms with van der Waals surface area (Å²) in [4.78, 5) is 0. The van der Waals surface area contributed by atoms with Gasteiger partial charge >= 0.3 is 0 Å². The fourth-order valence-electron chi connectivity index (χ4n) is 1.90. The lowest BCUT2D eigenvalue weighted by molar-refractivity contribution is 0.284. The van der Waals surface area contributed by atoms with Crippen molar-refractivity contribution in [1.82, 2.24) is 0 Å². The van der Waals surface area contributed by atoms with Gasteiger partial charge in [-0.3, -0.25) is 0 Å². The molecule has 0 saturated carbocycles. The molecule has 0 heterocycles. The summed E-state index contributed by atoms with van der Waals surface area (Å²) in [7, 11) is 1.68. The summed E-state index contributed by atoms with van der Waals surface area (Å²) < 4.78 is 11.2. The highest BCUT2D eigenvalue weighted by molar-refractivity contribution is 5.43. The zero-order chi connectivity index (χ0) is 13.7. The molecule has 2 aromatic rings.